The van der Waals surface area contributed by atoms with Crippen LogP contribution in [0.5, 0.6) is 0 Å². The number of nitrogens with zero attached hydrogens (tertiary/aromatic N) is 5. The van der Waals surface area contributed by atoms with Gasteiger partial charge in [0.25, 0.3) is 0 Å². The Kier molecular flexibility index (Phi) is 4.58. The van der Waals surface area contributed by atoms with Gasteiger partial charge in [-0.1, -0.05) is 0 Å². The largest absolute Gasteiger partial charge is 0.451 e. The van der Waals surface area contributed by atoms with E-state index in [4.69, 9.17) is 4.74 Å². The van der Waals surface area contributed by atoms with Gasteiger partial charge in [0, 0.05) is 49.9 Å². The van der Waals surface area contributed by atoms with Gasteiger partial charge in [0.1, 0.15) is 11.6 Å². The number of hydrogen-bond acceptors (Lipinski definition) is 7. The van der Waals surface area contributed by atoms with Crippen molar-refractivity contribution in [1.82, 2.24) is 25.1 Å². The lowest BCUT2D eigenvalue weighted by Gasteiger charge is -2.42. The van der Waals surface area contributed by atoms with Crippen molar-refractivity contribution >= 4 is 17.5 Å². The summed E-state index contributed by atoms with van der Waals surface area (Å²) in [5, 5.41) is 9.97. The molecule has 29 heavy (non-hydrogen) atoms. The summed E-state index contributed by atoms with van der Waals surface area (Å²) in [4.78, 5) is 11.7. The lowest BCUT2D eigenvalue weighted by atomic mass is 10.2. The van der Waals surface area contributed by atoms with Crippen molar-refractivity contribution in [3.63, 3.8) is 0 Å². The van der Waals surface area contributed by atoms with Crippen LogP contribution in [0.3, 0.4) is 0 Å². The van der Waals surface area contributed by atoms with Crippen LogP contribution in [0.1, 0.15) is 30.3 Å². The van der Waals surface area contributed by atoms with Crippen molar-refractivity contribution < 1.29 is 17.9 Å². The number of rotatable bonds is 5. The maximum atomic E-state index is 13.4. The first-order valence-corrected chi connectivity index (χ1v) is 9.81. The molecule has 8 nitrogen and oxygen atoms in total. The number of anilines is 3. The Bertz CT molecular complexity index is 871. The predicted octanol–water partition coefficient (Wildman–Crippen LogP) is 2.36. The standard InChI is InChI=1S/C18H22F3N7O/c19-18(20,21)17-23-14(22-15-7-13(25-26-15)11-1-2-11)8-16(24-17)28-5-3-27(4-6-28)12-9-29-10-12/h7-8,11-12H,1-6,9-10H2,(H2,22,23,24,25,26). The van der Waals surface area contributed by atoms with Crippen LogP contribution in [0.15, 0.2) is 12.1 Å². The summed E-state index contributed by atoms with van der Waals surface area (Å²) >= 11 is 0. The van der Waals surface area contributed by atoms with E-state index >= 15 is 0 Å². The van der Waals surface area contributed by atoms with Crippen LogP contribution in [-0.2, 0) is 10.9 Å². The molecule has 11 heteroatoms. The van der Waals surface area contributed by atoms with Gasteiger partial charge in [-0.3, -0.25) is 10.00 Å². The van der Waals surface area contributed by atoms with Crippen LogP contribution >= 0.6 is 0 Å². The number of hydrogen-bond donors (Lipinski definition) is 2. The summed E-state index contributed by atoms with van der Waals surface area (Å²) in [6, 6.07) is 3.81. The predicted molar refractivity (Wildman–Crippen MR) is 99.3 cm³/mol. The van der Waals surface area contributed by atoms with Gasteiger partial charge in [-0.25, -0.2) is 9.97 Å². The van der Waals surface area contributed by atoms with Gasteiger partial charge in [0.15, 0.2) is 5.82 Å². The zero-order valence-electron chi connectivity index (χ0n) is 15.7. The van der Waals surface area contributed by atoms with Crippen molar-refractivity contribution in [1.29, 1.82) is 0 Å². The van der Waals surface area contributed by atoms with E-state index in [0.717, 1.165) is 44.8 Å². The van der Waals surface area contributed by atoms with Gasteiger partial charge in [0.2, 0.25) is 5.82 Å². The minimum absolute atomic E-state index is 0.0889. The SMILES string of the molecule is FC(F)(F)c1nc(Nc2cc(C3CC3)[nH]n2)cc(N2CCN(C3COC3)CC2)n1. The Morgan fingerprint density at radius 3 is 2.41 bits per heavy atom. The molecule has 0 unspecified atom stereocenters. The molecule has 0 spiro atoms. The van der Waals surface area contributed by atoms with E-state index in [1.807, 2.05) is 11.0 Å². The molecule has 2 saturated heterocycles. The second-order valence-electron chi connectivity index (χ2n) is 7.75. The number of halogens is 3. The maximum absolute atomic E-state index is 13.4. The molecule has 3 aliphatic rings. The third kappa shape index (κ3) is 4.01. The monoisotopic (exact) mass is 409 g/mol. The lowest BCUT2D eigenvalue weighted by Crippen LogP contribution is -2.56. The molecule has 156 valence electrons. The summed E-state index contributed by atoms with van der Waals surface area (Å²) in [6.45, 7) is 4.22. The van der Waals surface area contributed by atoms with Gasteiger partial charge in [-0.2, -0.15) is 18.3 Å². The summed E-state index contributed by atoms with van der Waals surface area (Å²) in [5.41, 5.74) is 0.994. The average molecular weight is 409 g/mol. The number of aromatic amines is 1. The van der Waals surface area contributed by atoms with Crippen molar-refractivity contribution in [2.75, 3.05) is 49.6 Å². The maximum Gasteiger partial charge on any atom is 0.451 e. The van der Waals surface area contributed by atoms with E-state index < -0.39 is 12.0 Å². The van der Waals surface area contributed by atoms with E-state index in [1.165, 1.54) is 0 Å². The highest BCUT2D eigenvalue weighted by Crippen LogP contribution is 2.39. The van der Waals surface area contributed by atoms with Gasteiger partial charge in [-0.15, -0.1) is 0 Å². The summed E-state index contributed by atoms with van der Waals surface area (Å²) in [7, 11) is 0. The van der Waals surface area contributed by atoms with Crippen LogP contribution in [-0.4, -0.2) is 70.5 Å². The molecular weight excluding hydrogens is 387 g/mol. The van der Waals surface area contributed by atoms with Crippen LogP contribution in [0, 0.1) is 0 Å². The third-order valence-corrected chi connectivity index (χ3v) is 5.61. The summed E-state index contributed by atoms with van der Waals surface area (Å²) in [5.74, 6) is 0.148. The van der Waals surface area contributed by atoms with Crippen LogP contribution < -0.4 is 10.2 Å². The average Bonchev–Trinajstić information content (AvgIpc) is 3.40. The first-order valence-electron chi connectivity index (χ1n) is 9.81. The highest BCUT2D eigenvalue weighted by molar-refractivity contribution is 5.57. The first kappa shape index (κ1) is 18.6. The fraction of sp³-hybridized carbons (Fsp3) is 0.611. The second kappa shape index (κ2) is 7.13. The normalized spacial score (nSPS) is 21.3. The summed E-state index contributed by atoms with van der Waals surface area (Å²) < 4.78 is 45.4. The molecule has 2 aliphatic heterocycles. The van der Waals surface area contributed by atoms with Gasteiger partial charge in [0.05, 0.1) is 19.3 Å². The molecule has 0 radical (unpaired) electrons. The lowest BCUT2D eigenvalue weighted by molar-refractivity contribution is -0.144. The first-order chi connectivity index (χ1) is 14.0. The minimum atomic E-state index is -4.62. The fourth-order valence-corrected chi connectivity index (χ4v) is 3.67. The topological polar surface area (TPSA) is 82.2 Å². The van der Waals surface area contributed by atoms with Crippen molar-refractivity contribution in [3.8, 4) is 0 Å². The quantitative estimate of drug-likeness (QED) is 0.785. The Balaban J connectivity index is 1.35. The van der Waals surface area contributed by atoms with E-state index in [-0.39, 0.29) is 11.6 Å². The minimum Gasteiger partial charge on any atom is -0.378 e. The molecule has 0 atom stereocenters. The highest BCUT2D eigenvalue weighted by atomic mass is 19.4. The fourth-order valence-electron chi connectivity index (χ4n) is 3.67. The van der Waals surface area contributed by atoms with Crippen LogP contribution in [0.25, 0.3) is 0 Å². The molecule has 1 saturated carbocycles. The third-order valence-electron chi connectivity index (χ3n) is 5.61. The molecule has 2 N–H and O–H groups in total. The number of H-pyrrole nitrogens is 1. The van der Waals surface area contributed by atoms with Crippen molar-refractivity contribution in [3.05, 3.63) is 23.7 Å². The molecule has 5 rings (SSSR count). The smallest absolute Gasteiger partial charge is 0.378 e. The van der Waals surface area contributed by atoms with Crippen LogP contribution in [0.2, 0.25) is 0 Å². The number of ether oxygens (including phenoxy) is 1. The van der Waals surface area contributed by atoms with Crippen LogP contribution in [0.4, 0.5) is 30.6 Å². The molecular formula is C18H22F3N7O. The summed E-state index contributed by atoms with van der Waals surface area (Å²) in [6.07, 6.45) is -2.41. The molecule has 1 aliphatic carbocycles. The van der Waals surface area contributed by atoms with E-state index in [0.29, 0.717) is 30.9 Å². The molecule has 3 fully saturated rings. The zero-order chi connectivity index (χ0) is 20.0. The molecule has 2 aromatic rings. The number of aromatic nitrogens is 4. The zero-order valence-corrected chi connectivity index (χ0v) is 15.7. The van der Waals surface area contributed by atoms with Gasteiger partial charge >= 0.3 is 6.18 Å². The molecule has 2 aromatic heterocycles. The number of alkyl halides is 3. The molecule has 4 heterocycles. The highest BCUT2D eigenvalue weighted by Gasteiger charge is 2.37. The Morgan fingerprint density at radius 2 is 1.79 bits per heavy atom. The van der Waals surface area contributed by atoms with Crippen molar-refractivity contribution in [2.45, 2.75) is 31.0 Å². The van der Waals surface area contributed by atoms with E-state index in [9.17, 15) is 13.2 Å². The second-order valence-corrected chi connectivity index (χ2v) is 7.75. The van der Waals surface area contributed by atoms with Gasteiger partial charge < -0.3 is 15.0 Å². The van der Waals surface area contributed by atoms with E-state index in [1.54, 1.807) is 6.07 Å². The molecule has 0 amide bonds. The number of piperazine rings is 1. The number of nitrogens with one attached hydrogen (secondary N) is 2. The Hall–Kier alpha value is -2.40. The van der Waals surface area contributed by atoms with Crippen molar-refractivity contribution in [2.24, 2.45) is 0 Å². The Morgan fingerprint density at radius 1 is 1.03 bits per heavy atom. The molecule has 0 bridgehead atoms. The van der Waals surface area contributed by atoms with Gasteiger partial charge in [-0.05, 0) is 12.8 Å². The van der Waals surface area contributed by atoms with E-state index in [2.05, 4.69) is 30.4 Å². The Labute approximate surface area is 165 Å². The molecule has 0 aromatic carbocycles.